The summed E-state index contributed by atoms with van der Waals surface area (Å²) in [5.74, 6) is 0. The van der Waals surface area contributed by atoms with Crippen molar-refractivity contribution in [1.29, 1.82) is 5.26 Å². The highest BCUT2D eigenvalue weighted by molar-refractivity contribution is 5.59. The molecule has 0 aliphatic heterocycles. The van der Waals surface area contributed by atoms with Crippen LogP contribution in [0.5, 0.6) is 0 Å². The van der Waals surface area contributed by atoms with Crippen molar-refractivity contribution in [2.75, 3.05) is 25.2 Å². The van der Waals surface area contributed by atoms with Crippen LogP contribution in [0, 0.1) is 11.3 Å². The van der Waals surface area contributed by atoms with E-state index in [1.54, 1.807) is 20.1 Å². The Morgan fingerprint density at radius 2 is 2.00 bits per heavy atom. The summed E-state index contributed by atoms with van der Waals surface area (Å²) < 4.78 is 5.22. The van der Waals surface area contributed by atoms with Crippen molar-refractivity contribution < 1.29 is 9.84 Å². The van der Waals surface area contributed by atoms with Crippen molar-refractivity contribution in [2.45, 2.75) is 45.8 Å². The molecular weight excluding hydrogens is 264 g/mol. The molecule has 116 valence electrons. The molecule has 0 bridgehead atoms. The Hall–Kier alpha value is -1.57. The minimum atomic E-state index is -0.563. The first-order valence-electron chi connectivity index (χ1n) is 7.56. The molecule has 0 radical (unpaired) electrons. The summed E-state index contributed by atoms with van der Waals surface area (Å²) in [6.45, 7) is 7.44. The van der Waals surface area contributed by atoms with Gasteiger partial charge in [0.25, 0.3) is 0 Å². The van der Waals surface area contributed by atoms with Gasteiger partial charge in [-0.05, 0) is 31.9 Å². The SMILES string of the molecule is CCC(CC)N(CCOC)c1cc(C#N)ccc1[C@@H](C)O. The van der Waals surface area contributed by atoms with E-state index in [4.69, 9.17) is 10.00 Å². The number of ether oxygens (including phenoxy) is 1. The van der Waals surface area contributed by atoms with E-state index < -0.39 is 6.10 Å². The highest BCUT2D eigenvalue weighted by atomic mass is 16.5. The number of nitriles is 1. The number of aliphatic hydroxyl groups excluding tert-OH is 1. The fraction of sp³-hybridized carbons (Fsp3) is 0.588. The Morgan fingerprint density at radius 1 is 1.33 bits per heavy atom. The lowest BCUT2D eigenvalue weighted by Gasteiger charge is -2.34. The summed E-state index contributed by atoms with van der Waals surface area (Å²) in [7, 11) is 1.69. The van der Waals surface area contributed by atoms with Gasteiger partial charge < -0.3 is 14.7 Å². The van der Waals surface area contributed by atoms with Gasteiger partial charge in [-0.25, -0.2) is 0 Å². The lowest BCUT2D eigenvalue weighted by atomic mass is 10.0. The first-order valence-corrected chi connectivity index (χ1v) is 7.56. The molecule has 1 atom stereocenters. The largest absolute Gasteiger partial charge is 0.389 e. The van der Waals surface area contributed by atoms with Crippen LogP contribution in [-0.2, 0) is 4.74 Å². The van der Waals surface area contributed by atoms with Gasteiger partial charge in [-0.3, -0.25) is 0 Å². The summed E-state index contributed by atoms with van der Waals surface area (Å²) in [5, 5.41) is 19.2. The van der Waals surface area contributed by atoms with Gasteiger partial charge in [0.15, 0.2) is 0 Å². The van der Waals surface area contributed by atoms with Crippen LogP contribution in [0.15, 0.2) is 18.2 Å². The number of hydrogen-bond acceptors (Lipinski definition) is 4. The van der Waals surface area contributed by atoms with Crippen molar-refractivity contribution in [3.63, 3.8) is 0 Å². The maximum atomic E-state index is 10.0. The standard InChI is InChI=1S/C17H26N2O2/c1-5-15(6-2)19(9-10-21-4)17-11-14(12-18)7-8-16(17)13(3)20/h7-8,11,13,15,20H,5-6,9-10H2,1-4H3/t13-/m1/s1. The van der Waals surface area contributed by atoms with Crippen LogP contribution in [0.4, 0.5) is 5.69 Å². The maximum absolute atomic E-state index is 10.0. The number of rotatable bonds is 8. The molecular formula is C17H26N2O2. The zero-order valence-electron chi connectivity index (χ0n) is 13.5. The third kappa shape index (κ3) is 4.45. The first-order chi connectivity index (χ1) is 10.1. The molecule has 0 aromatic heterocycles. The summed E-state index contributed by atoms with van der Waals surface area (Å²) >= 11 is 0. The Morgan fingerprint density at radius 3 is 2.48 bits per heavy atom. The number of benzene rings is 1. The summed E-state index contributed by atoms with van der Waals surface area (Å²) in [4.78, 5) is 2.26. The lowest BCUT2D eigenvalue weighted by Crippen LogP contribution is -2.38. The van der Waals surface area contributed by atoms with Crippen LogP contribution in [-0.4, -0.2) is 31.4 Å². The second-order valence-electron chi connectivity index (χ2n) is 5.22. The Kier molecular flexibility index (Phi) is 7.21. The van der Waals surface area contributed by atoms with Crippen LogP contribution in [0.25, 0.3) is 0 Å². The normalized spacial score (nSPS) is 12.2. The molecule has 0 saturated heterocycles. The highest BCUT2D eigenvalue weighted by Gasteiger charge is 2.20. The zero-order chi connectivity index (χ0) is 15.8. The highest BCUT2D eigenvalue weighted by Crippen LogP contribution is 2.30. The van der Waals surface area contributed by atoms with Crippen LogP contribution in [0.2, 0.25) is 0 Å². The topological polar surface area (TPSA) is 56.5 Å². The molecule has 1 aromatic carbocycles. The van der Waals surface area contributed by atoms with Gasteiger partial charge >= 0.3 is 0 Å². The third-order valence-corrected chi connectivity index (χ3v) is 3.84. The van der Waals surface area contributed by atoms with E-state index in [-0.39, 0.29) is 0 Å². The average Bonchev–Trinajstić information content (AvgIpc) is 2.50. The number of nitrogens with zero attached hydrogens (tertiary/aromatic N) is 2. The summed E-state index contributed by atoms with van der Waals surface area (Å²) in [5.41, 5.74) is 2.41. The molecule has 0 spiro atoms. The van der Waals surface area contributed by atoms with Gasteiger partial charge in [-0.2, -0.15) is 5.26 Å². The molecule has 4 heteroatoms. The molecule has 0 amide bonds. The van der Waals surface area contributed by atoms with Gasteiger partial charge in [-0.1, -0.05) is 19.9 Å². The Bertz CT molecular complexity index is 476. The molecule has 21 heavy (non-hydrogen) atoms. The van der Waals surface area contributed by atoms with Crippen molar-refractivity contribution in [1.82, 2.24) is 0 Å². The van der Waals surface area contributed by atoms with Gasteiger partial charge in [0.2, 0.25) is 0 Å². The summed E-state index contributed by atoms with van der Waals surface area (Å²) in [6.07, 6.45) is 1.46. The van der Waals surface area contributed by atoms with Crippen molar-refractivity contribution in [2.24, 2.45) is 0 Å². The van der Waals surface area contributed by atoms with Crippen LogP contribution in [0.3, 0.4) is 0 Å². The van der Waals surface area contributed by atoms with Crippen LogP contribution < -0.4 is 4.90 Å². The number of aliphatic hydroxyl groups is 1. The predicted octanol–water partition coefficient (Wildman–Crippen LogP) is 3.25. The quantitative estimate of drug-likeness (QED) is 0.798. The average molecular weight is 290 g/mol. The Balaban J connectivity index is 3.29. The van der Waals surface area contributed by atoms with Crippen molar-refractivity contribution in [3.05, 3.63) is 29.3 Å². The fourth-order valence-corrected chi connectivity index (χ4v) is 2.63. The minimum Gasteiger partial charge on any atom is -0.389 e. The minimum absolute atomic E-state index is 0.367. The first kappa shape index (κ1) is 17.5. The van der Waals surface area contributed by atoms with Gasteiger partial charge in [-0.15, -0.1) is 0 Å². The smallest absolute Gasteiger partial charge is 0.0992 e. The number of methoxy groups -OCH3 is 1. The second kappa shape index (κ2) is 8.66. The predicted molar refractivity (Wildman–Crippen MR) is 85.4 cm³/mol. The molecule has 1 aromatic rings. The van der Waals surface area contributed by atoms with E-state index in [1.165, 1.54) is 0 Å². The van der Waals surface area contributed by atoms with Crippen LogP contribution >= 0.6 is 0 Å². The van der Waals surface area contributed by atoms with Crippen molar-refractivity contribution in [3.8, 4) is 6.07 Å². The van der Waals surface area contributed by atoms with E-state index in [1.807, 2.05) is 12.1 Å². The van der Waals surface area contributed by atoms with E-state index >= 15 is 0 Å². The molecule has 0 saturated carbocycles. The van der Waals surface area contributed by atoms with E-state index in [9.17, 15) is 5.11 Å². The second-order valence-corrected chi connectivity index (χ2v) is 5.22. The molecule has 0 unspecified atom stereocenters. The van der Waals surface area contributed by atoms with E-state index in [0.717, 1.165) is 30.6 Å². The molecule has 1 N–H and O–H groups in total. The lowest BCUT2D eigenvalue weighted by molar-refractivity contribution is 0.196. The van der Waals surface area contributed by atoms with Gasteiger partial charge in [0, 0.05) is 30.9 Å². The third-order valence-electron chi connectivity index (χ3n) is 3.84. The molecule has 0 aliphatic rings. The molecule has 4 nitrogen and oxygen atoms in total. The zero-order valence-corrected chi connectivity index (χ0v) is 13.5. The number of anilines is 1. The van der Waals surface area contributed by atoms with Gasteiger partial charge in [0.05, 0.1) is 24.3 Å². The maximum Gasteiger partial charge on any atom is 0.0992 e. The number of hydrogen-bond donors (Lipinski definition) is 1. The van der Waals surface area contributed by atoms with E-state index in [2.05, 4.69) is 24.8 Å². The van der Waals surface area contributed by atoms with Crippen LogP contribution in [0.1, 0.15) is 50.8 Å². The van der Waals surface area contributed by atoms with Crippen molar-refractivity contribution >= 4 is 5.69 Å². The monoisotopic (exact) mass is 290 g/mol. The molecule has 0 fully saturated rings. The fourth-order valence-electron chi connectivity index (χ4n) is 2.63. The Labute approximate surface area is 128 Å². The van der Waals surface area contributed by atoms with E-state index in [0.29, 0.717) is 18.2 Å². The molecule has 0 aliphatic carbocycles. The molecule has 0 heterocycles. The van der Waals surface area contributed by atoms with Gasteiger partial charge in [0.1, 0.15) is 0 Å². The summed E-state index contributed by atoms with van der Waals surface area (Å²) in [6, 6.07) is 8.02. The molecule has 1 rings (SSSR count).